The van der Waals surface area contributed by atoms with E-state index in [0.29, 0.717) is 4.20 Å². The second-order valence-corrected chi connectivity index (χ2v) is 15.0. The van der Waals surface area contributed by atoms with Crippen LogP contribution < -0.4 is 0 Å². The van der Waals surface area contributed by atoms with Gasteiger partial charge >= 0.3 is 0 Å². The smallest absolute Gasteiger partial charge is 0.0416 e. The molecule has 0 radical (unpaired) electrons. The minimum Gasteiger partial charge on any atom is -0.148 e. The lowest BCUT2D eigenvalue weighted by Crippen LogP contribution is -1.92. The van der Waals surface area contributed by atoms with E-state index in [0.717, 1.165) is 40.6 Å². The van der Waals surface area contributed by atoms with Crippen LogP contribution in [0.5, 0.6) is 0 Å². The molecule has 0 N–H and O–H groups in total. The highest BCUT2D eigenvalue weighted by atomic mass is 32.1. The molecule has 0 bridgehead atoms. The van der Waals surface area contributed by atoms with Crippen LogP contribution in [0.4, 0.5) is 0 Å². The molecule has 0 aromatic carbocycles. The van der Waals surface area contributed by atoms with Gasteiger partial charge in [0.15, 0.2) is 0 Å². The lowest BCUT2D eigenvalue weighted by atomic mass is 10.3. The van der Waals surface area contributed by atoms with Gasteiger partial charge in [-0.1, -0.05) is 99.3 Å². The molecule has 0 unspecified atom stereocenters. The molecule has 0 aromatic rings. The predicted molar refractivity (Wildman–Crippen MR) is 242 cm³/mol. The summed E-state index contributed by atoms with van der Waals surface area (Å²) in [6.07, 6.45) is 6.50. The minimum atomic E-state index is 0. The Hall–Kier alpha value is 0.770. The molecule has 0 fully saturated rings. The second kappa shape index (κ2) is 50.4. The number of hydrogen-bond acceptors (Lipinski definition) is 10. The Labute approximate surface area is 315 Å². The van der Waals surface area contributed by atoms with Crippen molar-refractivity contribution in [3.8, 4) is 0 Å². The van der Waals surface area contributed by atoms with Gasteiger partial charge in [-0.05, 0) is 145 Å². The third-order valence-corrected chi connectivity index (χ3v) is 2.71. The molecular formula is C30H54S11. The molecule has 0 aliphatic heterocycles. The first-order chi connectivity index (χ1) is 17.4. The van der Waals surface area contributed by atoms with Gasteiger partial charge in [-0.25, -0.2) is 0 Å². The third-order valence-electron chi connectivity index (χ3n) is 1.81. The first-order valence-electron chi connectivity index (χ1n) is 11.1. The van der Waals surface area contributed by atoms with Crippen molar-refractivity contribution in [2.45, 2.75) is 104 Å². The van der Waals surface area contributed by atoms with E-state index in [2.05, 4.69) is 81.1 Å². The Bertz CT molecular complexity index is 772. The number of thiocarbonyl (C=S) groups is 8. The zero-order chi connectivity index (χ0) is 33.3. The summed E-state index contributed by atoms with van der Waals surface area (Å²) in [7, 11) is 0. The minimum absolute atomic E-state index is 0. The Balaban J connectivity index is -0.0000000421. The zero-order valence-corrected chi connectivity index (χ0v) is 34.5. The monoisotopic (exact) mass is 766 g/mol. The summed E-state index contributed by atoms with van der Waals surface area (Å²) < 4.78 is 2.61. The van der Waals surface area contributed by atoms with E-state index in [4.69, 9.17) is 61.1 Å². The molecular weight excluding hydrogens is 713 g/mol. The largest absolute Gasteiger partial charge is 0.148 e. The van der Waals surface area contributed by atoms with Gasteiger partial charge in [0.25, 0.3) is 0 Å². The van der Waals surface area contributed by atoms with Gasteiger partial charge in [-0.3, -0.25) is 0 Å². The summed E-state index contributed by atoms with van der Waals surface area (Å²) in [6.45, 7) is 26.6. The molecule has 240 valence electrons. The lowest BCUT2D eigenvalue weighted by Gasteiger charge is -1.88. The van der Waals surface area contributed by atoms with E-state index >= 15 is 0 Å². The molecule has 0 saturated carbocycles. The van der Waals surface area contributed by atoms with Crippen LogP contribution >= 0.6 is 136 Å². The highest BCUT2D eigenvalue weighted by molar-refractivity contribution is 8.11. The first kappa shape index (κ1) is 64.7. The average molecular weight is 767 g/mol. The van der Waals surface area contributed by atoms with Gasteiger partial charge in [0.2, 0.25) is 0 Å². The van der Waals surface area contributed by atoms with E-state index in [-0.39, 0.29) is 14.9 Å². The molecule has 0 nitrogen and oxygen atoms in total. The fraction of sp³-hybridized carbons (Fsp3) is 0.500. The van der Waals surface area contributed by atoms with Crippen LogP contribution in [0.2, 0.25) is 0 Å². The van der Waals surface area contributed by atoms with Crippen molar-refractivity contribution in [3.05, 3.63) is 45.8 Å². The highest BCUT2D eigenvalue weighted by Crippen LogP contribution is 1.97. The fourth-order valence-electron chi connectivity index (χ4n) is 1.35. The number of thiol groups is 3. The van der Waals surface area contributed by atoms with Crippen molar-refractivity contribution in [2.75, 3.05) is 0 Å². The maximum absolute atomic E-state index is 4.80. The van der Waals surface area contributed by atoms with Gasteiger partial charge in [0, 0.05) is 29.5 Å². The van der Waals surface area contributed by atoms with Crippen molar-refractivity contribution < 1.29 is 0 Å². The zero-order valence-electron chi connectivity index (χ0n) is 25.3. The lowest BCUT2D eigenvalue weighted by molar-refractivity contribution is 1.40. The van der Waals surface area contributed by atoms with Crippen LogP contribution in [0.3, 0.4) is 0 Å². The Morgan fingerprint density at radius 1 is 0.561 bits per heavy atom. The summed E-state index contributed by atoms with van der Waals surface area (Å²) >= 11 is 47.9. The molecule has 0 saturated heterocycles. The Morgan fingerprint density at radius 2 is 0.732 bits per heavy atom. The highest BCUT2D eigenvalue weighted by Gasteiger charge is 1.86. The predicted octanol–water partition coefficient (Wildman–Crippen LogP) is 14.1. The maximum atomic E-state index is 4.80. The van der Waals surface area contributed by atoms with Crippen molar-refractivity contribution in [2.24, 2.45) is 0 Å². The first-order valence-corrected chi connectivity index (χ1v) is 15.7. The van der Waals surface area contributed by atoms with Crippen LogP contribution in [0.25, 0.3) is 0 Å². The fourth-order valence-corrected chi connectivity index (χ4v) is 3.02. The van der Waals surface area contributed by atoms with Crippen LogP contribution in [0.15, 0.2) is 45.8 Å². The molecule has 0 spiro atoms. The molecule has 0 rings (SSSR count). The SMILES string of the molecule is C.C.C=C(C)C.CC(=S)/C=C(/C)S.CC(=S)/C=C(/C)S.CC(=S)C=C(C)C.CC(=S)CC(C)=S.CC(=S)S.S=C=S. The second-order valence-electron chi connectivity index (χ2n) is 8.02. The van der Waals surface area contributed by atoms with Crippen molar-refractivity contribution in [1.29, 1.82) is 0 Å². The number of allylic oxidation sites excluding steroid dienone is 7. The summed E-state index contributed by atoms with van der Waals surface area (Å²) in [4.78, 5) is 6.61. The molecule has 41 heavy (non-hydrogen) atoms. The van der Waals surface area contributed by atoms with E-state index in [1.807, 2.05) is 98.7 Å². The summed E-state index contributed by atoms with van der Waals surface area (Å²) in [5, 5.41) is 0. The summed E-state index contributed by atoms with van der Waals surface area (Å²) in [6, 6.07) is 0. The molecule has 0 atom stereocenters. The topological polar surface area (TPSA) is 0 Å². The van der Waals surface area contributed by atoms with E-state index in [9.17, 15) is 0 Å². The van der Waals surface area contributed by atoms with Crippen LogP contribution in [0.1, 0.15) is 104 Å². The number of hydrogen-bond donors (Lipinski definition) is 3. The van der Waals surface area contributed by atoms with E-state index < -0.39 is 0 Å². The van der Waals surface area contributed by atoms with Gasteiger partial charge in [-0.2, -0.15) is 0 Å². The molecule has 0 aromatic heterocycles. The standard InChI is InChI=1S/C6H10S.3C5H8S2.C4H8.C2H4S2.CS2.2CH4/c1-5(2)4-6(3)7;3*1-4(6)3-5(2)7;1-4(2)3;1-2(3)4;2-1-3;;/h4H,1-3H3;3H2,1-2H3;2*3,6H,1-2H3;1H2,2-3H3;1H3,(H,3,4);;2*1H4/b;;2*4-3-;;;;;. The average Bonchev–Trinajstić information content (AvgIpc) is 2.57. The van der Waals surface area contributed by atoms with Gasteiger partial charge < -0.3 is 0 Å². The van der Waals surface area contributed by atoms with Crippen molar-refractivity contribution >= 4 is 168 Å². The molecule has 0 aliphatic carbocycles. The Morgan fingerprint density at radius 3 is 0.732 bits per heavy atom. The molecule has 0 amide bonds. The molecule has 0 aliphatic rings. The van der Waals surface area contributed by atoms with Gasteiger partial charge in [0.05, 0.1) is 0 Å². The van der Waals surface area contributed by atoms with Gasteiger partial charge in [-0.15, -0.1) is 44.5 Å². The quantitative estimate of drug-likeness (QED) is 0.108. The molecule has 11 heteroatoms. The van der Waals surface area contributed by atoms with Crippen molar-refractivity contribution in [3.63, 3.8) is 0 Å². The van der Waals surface area contributed by atoms with Crippen molar-refractivity contribution in [1.82, 2.24) is 0 Å². The Kier molecular flexibility index (Phi) is 79.5. The van der Waals surface area contributed by atoms with Crippen LogP contribution in [-0.4, -0.2) is 32.8 Å². The van der Waals surface area contributed by atoms with E-state index in [1.54, 1.807) is 6.92 Å². The number of rotatable bonds is 5. The third kappa shape index (κ3) is 218. The summed E-state index contributed by atoms with van der Waals surface area (Å²) in [5.74, 6) is 0. The van der Waals surface area contributed by atoms with Crippen LogP contribution in [-0.2, 0) is 0 Å². The van der Waals surface area contributed by atoms with Gasteiger partial charge in [0.1, 0.15) is 0 Å². The summed E-state index contributed by atoms with van der Waals surface area (Å²) in [5.41, 5.74) is 2.44. The van der Waals surface area contributed by atoms with Crippen LogP contribution in [0, 0.1) is 0 Å². The maximum Gasteiger partial charge on any atom is 0.0416 e. The molecule has 0 heterocycles. The normalized spacial score (nSPS) is 8.17. The van der Waals surface area contributed by atoms with E-state index in [1.165, 1.54) is 11.1 Å².